The van der Waals surface area contributed by atoms with E-state index in [2.05, 4.69) is 0 Å². The normalized spacial score (nSPS) is 17.9. The van der Waals surface area contributed by atoms with Gasteiger partial charge in [0.1, 0.15) is 5.69 Å². The predicted molar refractivity (Wildman–Crippen MR) is 80.9 cm³/mol. The van der Waals surface area contributed by atoms with Gasteiger partial charge in [0.2, 0.25) is 0 Å². The SMILES string of the molecule is CC(C)Oc1cccc(N2CCC(C)(O)CC2)c1[N+](=O)[O-]. The van der Waals surface area contributed by atoms with Crippen LogP contribution in [-0.2, 0) is 0 Å². The second kappa shape index (κ2) is 5.89. The fraction of sp³-hybridized carbons (Fsp3) is 0.600. The number of anilines is 1. The minimum atomic E-state index is -0.683. The highest BCUT2D eigenvalue weighted by molar-refractivity contribution is 5.70. The Balaban J connectivity index is 2.33. The highest BCUT2D eigenvalue weighted by atomic mass is 16.6. The van der Waals surface area contributed by atoms with E-state index in [1.54, 1.807) is 25.1 Å². The molecule has 1 aromatic carbocycles. The molecule has 1 aliphatic heterocycles. The summed E-state index contributed by atoms with van der Waals surface area (Å²) in [6.07, 6.45) is 1.07. The van der Waals surface area contributed by atoms with Gasteiger partial charge in [0, 0.05) is 13.1 Å². The molecule has 1 N–H and O–H groups in total. The van der Waals surface area contributed by atoms with Crippen molar-refractivity contribution in [3.63, 3.8) is 0 Å². The predicted octanol–water partition coefficient (Wildman–Crippen LogP) is 2.73. The van der Waals surface area contributed by atoms with Crippen molar-refractivity contribution in [3.05, 3.63) is 28.3 Å². The third-order valence-electron chi connectivity index (χ3n) is 3.70. The van der Waals surface area contributed by atoms with Gasteiger partial charge >= 0.3 is 5.69 Å². The summed E-state index contributed by atoms with van der Waals surface area (Å²) in [5.41, 5.74) is -0.112. The quantitative estimate of drug-likeness (QED) is 0.682. The Morgan fingerprint density at radius 3 is 2.52 bits per heavy atom. The summed E-state index contributed by atoms with van der Waals surface area (Å²) in [5.74, 6) is 0.296. The lowest BCUT2D eigenvalue weighted by Gasteiger charge is -2.36. The molecule has 1 saturated heterocycles. The molecular formula is C15H22N2O4. The van der Waals surface area contributed by atoms with Gasteiger partial charge in [0.05, 0.1) is 16.6 Å². The zero-order valence-electron chi connectivity index (χ0n) is 12.7. The molecule has 1 heterocycles. The summed E-state index contributed by atoms with van der Waals surface area (Å²) in [5, 5.41) is 21.4. The molecule has 0 atom stereocenters. The molecule has 0 radical (unpaired) electrons. The lowest BCUT2D eigenvalue weighted by atomic mass is 9.93. The number of benzene rings is 1. The van der Waals surface area contributed by atoms with Crippen molar-refractivity contribution in [2.75, 3.05) is 18.0 Å². The molecular weight excluding hydrogens is 272 g/mol. The molecule has 1 aliphatic rings. The first-order valence-electron chi connectivity index (χ1n) is 7.21. The van der Waals surface area contributed by atoms with E-state index in [0.29, 0.717) is 37.4 Å². The molecule has 1 aromatic rings. The molecule has 0 bridgehead atoms. The fourth-order valence-corrected chi connectivity index (χ4v) is 2.53. The van der Waals surface area contributed by atoms with Crippen LogP contribution >= 0.6 is 0 Å². The van der Waals surface area contributed by atoms with E-state index in [1.807, 2.05) is 18.7 Å². The minimum Gasteiger partial charge on any atom is -0.484 e. The summed E-state index contributed by atoms with van der Waals surface area (Å²) >= 11 is 0. The van der Waals surface area contributed by atoms with Crippen LogP contribution in [0.2, 0.25) is 0 Å². The van der Waals surface area contributed by atoms with E-state index in [4.69, 9.17) is 4.74 Å². The Labute approximate surface area is 124 Å². The number of nitrogens with zero attached hydrogens (tertiary/aromatic N) is 2. The third-order valence-corrected chi connectivity index (χ3v) is 3.70. The maximum Gasteiger partial charge on any atom is 0.333 e. The van der Waals surface area contributed by atoms with E-state index in [1.165, 1.54) is 0 Å². The molecule has 0 aromatic heterocycles. The molecule has 2 rings (SSSR count). The van der Waals surface area contributed by atoms with Gasteiger partial charge in [0.25, 0.3) is 0 Å². The standard InChI is InChI=1S/C15H22N2O4/c1-11(2)21-13-6-4-5-12(14(13)17(19)20)16-9-7-15(3,18)8-10-16/h4-6,11,18H,7-10H2,1-3H3. The monoisotopic (exact) mass is 294 g/mol. The number of rotatable bonds is 4. The molecule has 1 fully saturated rings. The number of nitro benzene ring substituents is 1. The van der Waals surface area contributed by atoms with Crippen LogP contribution in [0, 0.1) is 10.1 Å². The third kappa shape index (κ3) is 3.64. The average Bonchev–Trinajstić information content (AvgIpc) is 2.37. The van der Waals surface area contributed by atoms with Gasteiger partial charge < -0.3 is 14.7 Å². The molecule has 0 saturated carbocycles. The van der Waals surface area contributed by atoms with Crippen LogP contribution in [0.1, 0.15) is 33.6 Å². The van der Waals surface area contributed by atoms with E-state index in [0.717, 1.165) is 0 Å². The molecule has 6 nitrogen and oxygen atoms in total. The van der Waals surface area contributed by atoms with E-state index < -0.39 is 5.60 Å². The first-order chi connectivity index (χ1) is 9.80. The molecule has 0 unspecified atom stereocenters. The van der Waals surface area contributed by atoms with Crippen molar-refractivity contribution in [1.82, 2.24) is 0 Å². The molecule has 21 heavy (non-hydrogen) atoms. The van der Waals surface area contributed by atoms with Crippen LogP contribution in [0.3, 0.4) is 0 Å². The average molecular weight is 294 g/mol. The van der Waals surface area contributed by atoms with Crippen molar-refractivity contribution in [2.24, 2.45) is 0 Å². The summed E-state index contributed by atoms with van der Waals surface area (Å²) in [7, 11) is 0. The Morgan fingerprint density at radius 1 is 1.38 bits per heavy atom. The maximum absolute atomic E-state index is 11.4. The largest absolute Gasteiger partial charge is 0.484 e. The smallest absolute Gasteiger partial charge is 0.333 e. The first-order valence-corrected chi connectivity index (χ1v) is 7.21. The number of hydrogen-bond acceptors (Lipinski definition) is 5. The Kier molecular flexibility index (Phi) is 4.37. The number of para-hydroxylation sites is 1. The number of aliphatic hydroxyl groups is 1. The highest BCUT2D eigenvalue weighted by Gasteiger charge is 2.32. The van der Waals surface area contributed by atoms with Crippen molar-refractivity contribution in [2.45, 2.75) is 45.3 Å². The minimum absolute atomic E-state index is 0.00717. The molecule has 116 valence electrons. The van der Waals surface area contributed by atoms with Crippen LogP contribution in [0.25, 0.3) is 0 Å². The van der Waals surface area contributed by atoms with Gasteiger partial charge in [-0.15, -0.1) is 0 Å². The topological polar surface area (TPSA) is 75.8 Å². The fourth-order valence-electron chi connectivity index (χ4n) is 2.53. The van der Waals surface area contributed by atoms with Gasteiger partial charge in [-0.3, -0.25) is 10.1 Å². The van der Waals surface area contributed by atoms with Crippen molar-refractivity contribution in [3.8, 4) is 5.75 Å². The zero-order valence-corrected chi connectivity index (χ0v) is 12.7. The number of hydrogen-bond donors (Lipinski definition) is 1. The summed E-state index contributed by atoms with van der Waals surface area (Å²) in [6, 6.07) is 5.14. The molecule has 6 heteroatoms. The van der Waals surface area contributed by atoms with Gasteiger partial charge in [-0.25, -0.2) is 0 Å². The van der Waals surface area contributed by atoms with Crippen LogP contribution < -0.4 is 9.64 Å². The number of ether oxygens (including phenoxy) is 1. The number of nitro groups is 1. The van der Waals surface area contributed by atoms with Gasteiger partial charge in [-0.1, -0.05) is 6.07 Å². The summed E-state index contributed by atoms with van der Waals surface area (Å²) in [4.78, 5) is 13.0. The second-order valence-corrected chi connectivity index (χ2v) is 6.03. The molecule has 0 amide bonds. The Bertz CT molecular complexity index is 518. The van der Waals surface area contributed by atoms with Crippen LogP contribution in [0.5, 0.6) is 5.75 Å². The van der Waals surface area contributed by atoms with Crippen LogP contribution in [0.4, 0.5) is 11.4 Å². The van der Waals surface area contributed by atoms with Crippen molar-refractivity contribution < 1.29 is 14.8 Å². The summed E-state index contributed by atoms with van der Waals surface area (Å²) < 4.78 is 5.56. The zero-order chi connectivity index (χ0) is 15.6. The van der Waals surface area contributed by atoms with Crippen molar-refractivity contribution >= 4 is 11.4 Å². The summed E-state index contributed by atoms with van der Waals surface area (Å²) in [6.45, 7) is 6.68. The number of piperidine rings is 1. The highest BCUT2D eigenvalue weighted by Crippen LogP contribution is 2.39. The van der Waals surface area contributed by atoms with Gasteiger partial charge in [-0.05, 0) is 45.7 Å². The lowest BCUT2D eigenvalue weighted by molar-refractivity contribution is -0.385. The first kappa shape index (κ1) is 15.6. The van der Waals surface area contributed by atoms with E-state index in [9.17, 15) is 15.2 Å². The van der Waals surface area contributed by atoms with Crippen molar-refractivity contribution in [1.29, 1.82) is 0 Å². The van der Waals surface area contributed by atoms with Gasteiger partial charge in [0.15, 0.2) is 5.75 Å². The van der Waals surface area contributed by atoms with Crippen LogP contribution in [0.15, 0.2) is 18.2 Å². The van der Waals surface area contributed by atoms with E-state index in [-0.39, 0.29) is 16.7 Å². The molecule has 0 spiro atoms. The second-order valence-electron chi connectivity index (χ2n) is 6.03. The Hall–Kier alpha value is -1.82. The maximum atomic E-state index is 11.4. The Morgan fingerprint density at radius 2 is 2.00 bits per heavy atom. The van der Waals surface area contributed by atoms with Gasteiger partial charge in [-0.2, -0.15) is 0 Å². The molecule has 0 aliphatic carbocycles. The lowest BCUT2D eigenvalue weighted by Crippen LogP contribution is -2.42. The van der Waals surface area contributed by atoms with Crippen LogP contribution in [-0.4, -0.2) is 34.8 Å². The van der Waals surface area contributed by atoms with E-state index >= 15 is 0 Å².